The van der Waals surface area contributed by atoms with Gasteiger partial charge in [0.15, 0.2) is 5.78 Å². The lowest BCUT2D eigenvalue weighted by Gasteiger charge is -2.38. The zero-order valence-electron chi connectivity index (χ0n) is 12.0. The third-order valence-electron chi connectivity index (χ3n) is 3.97. The van der Waals surface area contributed by atoms with E-state index in [-0.39, 0.29) is 17.6 Å². The highest BCUT2D eigenvalue weighted by Crippen LogP contribution is 2.27. The highest BCUT2D eigenvalue weighted by atomic mass is 16.1. The van der Waals surface area contributed by atoms with Crippen molar-refractivity contribution in [3.63, 3.8) is 0 Å². The number of aromatic nitrogens is 1. The molecule has 0 radical (unpaired) electrons. The molecule has 0 aromatic carbocycles. The van der Waals surface area contributed by atoms with Gasteiger partial charge >= 0.3 is 0 Å². The van der Waals surface area contributed by atoms with Crippen LogP contribution in [0.3, 0.4) is 0 Å². The first-order valence-electron chi connectivity index (χ1n) is 7.08. The van der Waals surface area contributed by atoms with Crippen molar-refractivity contribution in [1.82, 2.24) is 4.98 Å². The van der Waals surface area contributed by atoms with Crippen molar-refractivity contribution in [1.29, 1.82) is 0 Å². The van der Waals surface area contributed by atoms with Gasteiger partial charge in [-0.25, -0.2) is 0 Å². The average molecular weight is 275 g/mol. The number of primary amides is 1. The Bertz CT molecular complexity index is 498. The van der Waals surface area contributed by atoms with Crippen LogP contribution in [0.25, 0.3) is 0 Å². The van der Waals surface area contributed by atoms with Gasteiger partial charge < -0.3 is 10.6 Å². The summed E-state index contributed by atoms with van der Waals surface area (Å²) in [7, 11) is 0. The molecule has 0 spiro atoms. The summed E-state index contributed by atoms with van der Waals surface area (Å²) in [5, 5.41) is 0. The van der Waals surface area contributed by atoms with Crippen molar-refractivity contribution in [3.05, 3.63) is 24.0 Å². The minimum atomic E-state index is -0.243. The molecule has 0 bridgehead atoms. The first-order valence-corrected chi connectivity index (χ1v) is 7.08. The van der Waals surface area contributed by atoms with Crippen LogP contribution in [-0.2, 0) is 4.79 Å². The number of nitrogens with two attached hydrogens (primary N) is 1. The molecule has 2 atom stereocenters. The Kier molecular flexibility index (Phi) is 4.37. The van der Waals surface area contributed by atoms with Gasteiger partial charge in [-0.3, -0.25) is 14.6 Å². The molecular weight excluding hydrogens is 254 g/mol. The van der Waals surface area contributed by atoms with E-state index in [1.54, 1.807) is 12.3 Å². The van der Waals surface area contributed by atoms with Crippen LogP contribution in [0.1, 0.15) is 43.6 Å². The quantitative estimate of drug-likeness (QED) is 0.850. The van der Waals surface area contributed by atoms with Gasteiger partial charge in [-0.1, -0.05) is 6.92 Å². The molecule has 1 aromatic heterocycles. The molecule has 5 heteroatoms. The van der Waals surface area contributed by atoms with E-state index in [2.05, 4.69) is 16.8 Å². The third-order valence-corrected chi connectivity index (χ3v) is 3.97. The molecular formula is C15H21N3O2. The second kappa shape index (κ2) is 6.03. The molecule has 2 rings (SSSR count). The number of hydrogen-bond donors (Lipinski definition) is 1. The Morgan fingerprint density at radius 2 is 2.15 bits per heavy atom. The first-order chi connectivity index (χ1) is 9.52. The summed E-state index contributed by atoms with van der Waals surface area (Å²) in [6, 6.07) is 4.00. The predicted molar refractivity (Wildman–Crippen MR) is 77.6 cm³/mol. The summed E-state index contributed by atoms with van der Waals surface area (Å²) < 4.78 is 0. The normalized spacial score (nSPS) is 22.6. The van der Waals surface area contributed by atoms with E-state index in [9.17, 15) is 9.59 Å². The van der Waals surface area contributed by atoms with Gasteiger partial charge in [-0.05, 0) is 31.9 Å². The van der Waals surface area contributed by atoms with Crippen LogP contribution in [0.4, 0.5) is 5.69 Å². The summed E-state index contributed by atoms with van der Waals surface area (Å²) in [6.45, 7) is 4.57. The van der Waals surface area contributed by atoms with E-state index >= 15 is 0 Å². The van der Waals surface area contributed by atoms with E-state index in [1.807, 2.05) is 13.0 Å². The van der Waals surface area contributed by atoms with Crippen molar-refractivity contribution < 1.29 is 9.59 Å². The summed E-state index contributed by atoms with van der Waals surface area (Å²) in [6.07, 6.45) is 3.94. The average Bonchev–Trinajstić information content (AvgIpc) is 2.47. The fourth-order valence-electron chi connectivity index (χ4n) is 2.60. The maximum absolute atomic E-state index is 11.6. The van der Waals surface area contributed by atoms with Gasteiger partial charge in [0.2, 0.25) is 5.91 Å². The van der Waals surface area contributed by atoms with E-state index in [0.29, 0.717) is 24.7 Å². The van der Waals surface area contributed by atoms with Gasteiger partial charge in [-0.2, -0.15) is 0 Å². The summed E-state index contributed by atoms with van der Waals surface area (Å²) in [5.74, 6) is -0.311. The number of anilines is 1. The Labute approximate surface area is 119 Å². The maximum Gasteiger partial charge on any atom is 0.222 e. The van der Waals surface area contributed by atoms with Crippen LogP contribution >= 0.6 is 0 Å². The highest BCUT2D eigenvalue weighted by Gasteiger charge is 2.28. The van der Waals surface area contributed by atoms with Crippen LogP contribution < -0.4 is 10.6 Å². The Morgan fingerprint density at radius 3 is 2.70 bits per heavy atom. The number of hydrogen-bond acceptors (Lipinski definition) is 4. The van der Waals surface area contributed by atoms with E-state index in [1.165, 1.54) is 0 Å². The van der Waals surface area contributed by atoms with Crippen LogP contribution in [0.15, 0.2) is 18.3 Å². The lowest BCUT2D eigenvalue weighted by molar-refractivity contribution is -0.122. The Hall–Kier alpha value is -1.91. The first kappa shape index (κ1) is 14.5. The molecule has 1 saturated heterocycles. The number of nitrogens with zero attached hydrogens (tertiary/aromatic N) is 2. The van der Waals surface area contributed by atoms with Gasteiger partial charge in [-0.15, -0.1) is 0 Å². The van der Waals surface area contributed by atoms with Crippen molar-refractivity contribution in [2.24, 2.45) is 11.7 Å². The summed E-state index contributed by atoms with van der Waals surface area (Å²) >= 11 is 0. The van der Waals surface area contributed by atoms with Crippen LogP contribution in [0, 0.1) is 5.92 Å². The fourth-order valence-corrected chi connectivity index (χ4v) is 2.60. The lowest BCUT2D eigenvalue weighted by atomic mass is 9.92. The molecule has 1 fully saturated rings. The molecule has 1 aromatic rings. The Morgan fingerprint density at radius 1 is 1.40 bits per heavy atom. The second-order valence-corrected chi connectivity index (χ2v) is 5.36. The van der Waals surface area contributed by atoms with Gasteiger partial charge in [0.1, 0.15) is 5.69 Å². The van der Waals surface area contributed by atoms with Crippen molar-refractivity contribution in [3.8, 4) is 0 Å². The molecule has 0 saturated carbocycles. The van der Waals surface area contributed by atoms with Crippen LogP contribution in [-0.4, -0.2) is 29.3 Å². The van der Waals surface area contributed by atoms with Crippen molar-refractivity contribution >= 4 is 17.4 Å². The number of rotatable bonds is 4. The maximum atomic E-state index is 11.6. The van der Waals surface area contributed by atoms with Gasteiger partial charge in [0, 0.05) is 19.0 Å². The molecule has 1 amide bonds. The second-order valence-electron chi connectivity index (χ2n) is 5.36. The predicted octanol–water partition coefficient (Wildman–Crippen LogP) is 1.76. The summed E-state index contributed by atoms with van der Waals surface area (Å²) in [4.78, 5) is 29.3. The molecule has 1 aliphatic heterocycles. The molecule has 5 nitrogen and oxygen atoms in total. The molecule has 1 aliphatic rings. The molecule has 0 aliphatic carbocycles. The minimum absolute atomic E-state index is 0.0401. The number of pyridine rings is 1. The van der Waals surface area contributed by atoms with Crippen molar-refractivity contribution in [2.45, 2.75) is 39.2 Å². The van der Waals surface area contributed by atoms with Crippen molar-refractivity contribution in [2.75, 3.05) is 11.4 Å². The molecule has 108 valence electrons. The largest absolute Gasteiger partial charge is 0.369 e. The summed E-state index contributed by atoms with van der Waals surface area (Å²) in [5.41, 5.74) is 6.84. The monoisotopic (exact) mass is 275 g/mol. The fraction of sp³-hybridized carbons (Fsp3) is 0.533. The standard InChI is InChI=1S/C15H21N3O2/c1-3-14(19)13-7-6-12(8-17-13)18-9-11(15(16)20)5-4-10(18)2/h6-8,10-11H,3-5,9H2,1-2H3,(H2,16,20). The zero-order valence-corrected chi connectivity index (χ0v) is 12.0. The van der Waals surface area contributed by atoms with E-state index in [4.69, 9.17) is 5.73 Å². The number of ketones is 1. The highest BCUT2D eigenvalue weighted by molar-refractivity contribution is 5.94. The number of amides is 1. The molecule has 2 unspecified atom stereocenters. The van der Waals surface area contributed by atoms with Crippen LogP contribution in [0.2, 0.25) is 0 Å². The lowest BCUT2D eigenvalue weighted by Crippen LogP contribution is -2.45. The smallest absolute Gasteiger partial charge is 0.222 e. The number of Topliss-reactive ketones (excluding diaryl/α,β-unsaturated/α-hetero) is 1. The number of carbonyl (C=O) groups excluding carboxylic acids is 2. The molecule has 20 heavy (non-hydrogen) atoms. The van der Waals surface area contributed by atoms with Gasteiger partial charge in [0.25, 0.3) is 0 Å². The van der Waals surface area contributed by atoms with E-state index < -0.39 is 0 Å². The minimum Gasteiger partial charge on any atom is -0.369 e. The van der Waals surface area contributed by atoms with E-state index in [0.717, 1.165) is 18.5 Å². The van der Waals surface area contributed by atoms with Crippen LogP contribution in [0.5, 0.6) is 0 Å². The topological polar surface area (TPSA) is 76.3 Å². The Balaban J connectivity index is 2.16. The molecule has 2 heterocycles. The third kappa shape index (κ3) is 2.98. The number of piperidine rings is 1. The zero-order chi connectivity index (χ0) is 14.7. The molecule has 2 N–H and O–H groups in total. The number of carbonyl (C=O) groups is 2. The van der Waals surface area contributed by atoms with Gasteiger partial charge in [0.05, 0.1) is 17.8 Å². The SMILES string of the molecule is CCC(=O)c1ccc(N2CC(C(N)=O)CCC2C)cn1.